The Hall–Kier alpha value is -2.61. The Labute approximate surface area is 190 Å². The molecule has 0 spiro atoms. The van der Waals surface area contributed by atoms with E-state index >= 15 is 0 Å². The van der Waals surface area contributed by atoms with Crippen LogP contribution < -0.4 is 4.74 Å². The van der Waals surface area contributed by atoms with E-state index in [0.29, 0.717) is 51.3 Å². The van der Waals surface area contributed by atoms with Crippen molar-refractivity contribution in [2.75, 3.05) is 65.5 Å². The van der Waals surface area contributed by atoms with Gasteiger partial charge in [0.1, 0.15) is 5.75 Å². The lowest BCUT2D eigenvalue weighted by Crippen LogP contribution is -2.53. The maximum atomic E-state index is 13.0. The number of hydrogen-bond acceptors (Lipinski definition) is 5. The second-order valence-corrected chi connectivity index (χ2v) is 8.95. The predicted octanol–water partition coefficient (Wildman–Crippen LogP) is 1.07. The van der Waals surface area contributed by atoms with Crippen LogP contribution in [0.15, 0.2) is 30.3 Å². The molecule has 0 aromatic heterocycles. The third kappa shape index (κ3) is 5.79. The van der Waals surface area contributed by atoms with Crippen molar-refractivity contribution >= 4 is 17.7 Å². The summed E-state index contributed by atoms with van der Waals surface area (Å²) in [6.07, 6.45) is 3.62. The molecule has 3 fully saturated rings. The van der Waals surface area contributed by atoms with Crippen molar-refractivity contribution in [2.45, 2.75) is 25.7 Å². The van der Waals surface area contributed by atoms with Gasteiger partial charge in [0.25, 0.3) is 5.91 Å². The molecule has 3 aliphatic heterocycles. The van der Waals surface area contributed by atoms with E-state index in [1.54, 1.807) is 4.90 Å². The second-order valence-electron chi connectivity index (χ2n) is 8.95. The molecular weight excluding hydrogens is 408 g/mol. The Kier molecular flexibility index (Phi) is 7.63. The smallest absolute Gasteiger partial charge is 0.260 e. The fourth-order valence-electron chi connectivity index (χ4n) is 4.77. The lowest BCUT2D eigenvalue weighted by atomic mass is 9.95. The Balaban J connectivity index is 1.15. The van der Waals surface area contributed by atoms with Gasteiger partial charge < -0.3 is 19.4 Å². The highest BCUT2D eigenvalue weighted by Gasteiger charge is 2.32. The van der Waals surface area contributed by atoms with Crippen LogP contribution in [-0.4, -0.2) is 103 Å². The van der Waals surface area contributed by atoms with Crippen LogP contribution in [0.1, 0.15) is 25.7 Å². The van der Waals surface area contributed by atoms with Gasteiger partial charge in [0.2, 0.25) is 11.8 Å². The van der Waals surface area contributed by atoms with Crippen molar-refractivity contribution in [3.05, 3.63) is 30.3 Å². The van der Waals surface area contributed by atoms with Gasteiger partial charge in [0.15, 0.2) is 6.61 Å². The topological polar surface area (TPSA) is 73.4 Å². The summed E-state index contributed by atoms with van der Waals surface area (Å²) in [5.41, 5.74) is 0. The highest BCUT2D eigenvalue weighted by Crippen LogP contribution is 2.21. The molecular formula is C24H34N4O4. The van der Waals surface area contributed by atoms with Crippen LogP contribution in [0.2, 0.25) is 0 Å². The number of piperazine rings is 1. The molecule has 0 aliphatic carbocycles. The molecule has 3 heterocycles. The van der Waals surface area contributed by atoms with Gasteiger partial charge in [-0.3, -0.25) is 19.3 Å². The molecule has 32 heavy (non-hydrogen) atoms. The zero-order chi connectivity index (χ0) is 22.3. The van der Waals surface area contributed by atoms with Crippen molar-refractivity contribution in [3.8, 4) is 5.75 Å². The molecule has 0 saturated carbocycles. The first-order chi connectivity index (χ1) is 15.6. The van der Waals surface area contributed by atoms with Crippen LogP contribution in [0, 0.1) is 5.92 Å². The fourth-order valence-corrected chi connectivity index (χ4v) is 4.77. The zero-order valence-electron chi connectivity index (χ0n) is 18.8. The minimum atomic E-state index is -0.0314. The average molecular weight is 443 g/mol. The molecule has 3 amide bonds. The van der Waals surface area contributed by atoms with E-state index in [1.807, 2.05) is 40.1 Å². The Morgan fingerprint density at radius 2 is 1.38 bits per heavy atom. The number of hydrogen-bond donors (Lipinski definition) is 0. The lowest BCUT2D eigenvalue weighted by Gasteiger charge is -2.38. The SMILES string of the molecule is O=C(COc1ccccc1)N1CCC(C(=O)N2CCN(CC(=O)N3CCCC3)CC2)CC1. The minimum absolute atomic E-state index is 0.0214. The summed E-state index contributed by atoms with van der Waals surface area (Å²) < 4.78 is 5.56. The molecule has 0 radical (unpaired) electrons. The summed E-state index contributed by atoms with van der Waals surface area (Å²) in [6, 6.07) is 9.33. The van der Waals surface area contributed by atoms with Crippen LogP contribution in [-0.2, 0) is 14.4 Å². The van der Waals surface area contributed by atoms with Gasteiger partial charge >= 0.3 is 0 Å². The average Bonchev–Trinajstić information content (AvgIpc) is 3.39. The molecule has 8 heteroatoms. The van der Waals surface area contributed by atoms with Crippen LogP contribution in [0.4, 0.5) is 0 Å². The van der Waals surface area contributed by atoms with Crippen molar-refractivity contribution in [2.24, 2.45) is 5.92 Å². The van der Waals surface area contributed by atoms with E-state index in [9.17, 15) is 14.4 Å². The second kappa shape index (κ2) is 10.8. The summed E-state index contributed by atoms with van der Waals surface area (Å²) in [5, 5.41) is 0. The molecule has 1 aromatic carbocycles. The maximum absolute atomic E-state index is 13.0. The number of benzene rings is 1. The molecule has 0 bridgehead atoms. The van der Waals surface area contributed by atoms with Crippen LogP contribution in [0.5, 0.6) is 5.75 Å². The van der Waals surface area contributed by atoms with Crippen LogP contribution >= 0.6 is 0 Å². The number of likely N-dealkylation sites (tertiary alicyclic amines) is 2. The summed E-state index contributed by atoms with van der Waals surface area (Å²) in [5.74, 6) is 1.05. The van der Waals surface area contributed by atoms with Crippen LogP contribution in [0.25, 0.3) is 0 Å². The van der Waals surface area contributed by atoms with Gasteiger partial charge in [-0.1, -0.05) is 18.2 Å². The van der Waals surface area contributed by atoms with E-state index in [1.165, 1.54) is 0 Å². The number of nitrogens with zero attached hydrogens (tertiary/aromatic N) is 4. The summed E-state index contributed by atoms with van der Waals surface area (Å²) >= 11 is 0. The maximum Gasteiger partial charge on any atom is 0.260 e. The van der Waals surface area contributed by atoms with Gasteiger partial charge in [-0.2, -0.15) is 0 Å². The van der Waals surface area contributed by atoms with Crippen molar-refractivity contribution in [1.29, 1.82) is 0 Å². The van der Waals surface area contributed by atoms with E-state index in [4.69, 9.17) is 4.74 Å². The van der Waals surface area contributed by atoms with E-state index in [0.717, 1.165) is 39.0 Å². The van der Waals surface area contributed by atoms with Gasteiger partial charge in [-0.15, -0.1) is 0 Å². The molecule has 0 unspecified atom stereocenters. The summed E-state index contributed by atoms with van der Waals surface area (Å²) in [6.45, 7) is 6.31. The number of ether oxygens (including phenoxy) is 1. The van der Waals surface area contributed by atoms with E-state index in [-0.39, 0.29) is 30.2 Å². The third-order valence-electron chi connectivity index (χ3n) is 6.80. The molecule has 3 saturated heterocycles. The van der Waals surface area contributed by atoms with Crippen molar-refractivity contribution < 1.29 is 19.1 Å². The fraction of sp³-hybridized carbons (Fsp3) is 0.625. The first-order valence-corrected chi connectivity index (χ1v) is 11.8. The van der Waals surface area contributed by atoms with Gasteiger partial charge in [-0.05, 0) is 37.8 Å². The molecule has 3 aliphatic rings. The van der Waals surface area contributed by atoms with Crippen molar-refractivity contribution in [1.82, 2.24) is 19.6 Å². The number of para-hydroxylation sites is 1. The number of carbonyl (C=O) groups excluding carboxylic acids is 3. The molecule has 4 rings (SSSR count). The van der Waals surface area contributed by atoms with E-state index < -0.39 is 0 Å². The monoisotopic (exact) mass is 442 g/mol. The van der Waals surface area contributed by atoms with Gasteiger partial charge in [0.05, 0.1) is 6.54 Å². The Morgan fingerprint density at radius 1 is 0.750 bits per heavy atom. The normalized spacial score (nSPS) is 20.4. The van der Waals surface area contributed by atoms with Crippen molar-refractivity contribution in [3.63, 3.8) is 0 Å². The van der Waals surface area contributed by atoms with Gasteiger partial charge in [0, 0.05) is 58.3 Å². The highest BCUT2D eigenvalue weighted by molar-refractivity contribution is 5.81. The number of amides is 3. The molecule has 174 valence electrons. The highest BCUT2D eigenvalue weighted by atomic mass is 16.5. The summed E-state index contributed by atoms with van der Waals surface area (Å²) in [7, 11) is 0. The number of rotatable bonds is 6. The predicted molar refractivity (Wildman–Crippen MR) is 120 cm³/mol. The standard InChI is InChI=1S/C24H34N4O4/c29-22(26-10-4-5-11-26)18-25-14-16-28(17-15-25)24(31)20-8-12-27(13-9-20)23(30)19-32-21-6-2-1-3-7-21/h1-3,6-7,20H,4-5,8-19H2. The number of carbonyl (C=O) groups is 3. The van der Waals surface area contributed by atoms with Crippen LogP contribution in [0.3, 0.4) is 0 Å². The molecule has 8 nitrogen and oxygen atoms in total. The largest absolute Gasteiger partial charge is 0.484 e. The van der Waals surface area contributed by atoms with Gasteiger partial charge in [-0.25, -0.2) is 0 Å². The minimum Gasteiger partial charge on any atom is -0.484 e. The lowest BCUT2D eigenvalue weighted by molar-refractivity contribution is -0.143. The Bertz CT molecular complexity index is 780. The first kappa shape index (κ1) is 22.6. The molecule has 0 atom stereocenters. The Morgan fingerprint density at radius 3 is 2.03 bits per heavy atom. The molecule has 1 aromatic rings. The first-order valence-electron chi connectivity index (χ1n) is 11.8. The summed E-state index contributed by atoms with van der Waals surface area (Å²) in [4.78, 5) is 45.6. The molecule has 0 N–H and O–H groups in total. The number of piperidine rings is 1. The zero-order valence-corrected chi connectivity index (χ0v) is 18.8. The van der Waals surface area contributed by atoms with E-state index in [2.05, 4.69) is 4.90 Å². The third-order valence-corrected chi connectivity index (χ3v) is 6.80. The quantitative estimate of drug-likeness (QED) is 0.659.